The summed E-state index contributed by atoms with van der Waals surface area (Å²) < 4.78 is 5.30. The molecule has 1 unspecified atom stereocenters. The quantitative estimate of drug-likeness (QED) is 0.890. The van der Waals surface area contributed by atoms with E-state index in [0.29, 0.717) is 20.8 Å². The van der Waals surface area contributed by atoms with Crippen molar-refractivity contribution in [3.63, 3.8) is 0 Å². The molecule has 0 aliphatic carbocycles. The minimum Gasteiger partial charge on any atom is -0.496 e. The molecule has 2 nitrogen and oxygen atoms in total. The van der Waals surface area contributed by atoms with Crippen LogP contribution in [0, 0.1) is 0 Å². The second kappa shape index (κ2) is 6.02. The number of ether oxygens (including phenoxy) is 1. The SMILES string of the molecule is COc1ccc(Cl)cc1C(N)c1cc(Cl)ccc1Cl. The number of methoxy groups -OCH3 is 1. The number of rotatable bonds is 3. The van der Waals surface area contributed by atoms with Gasteiger partial charge in [0.05, 0.1) is 13.2 Å². The fraction of sp³-hybridized carbons (Fsp3) is 0.143. The second-order valence-corrected chi connectivity index (χ2v) is 5.31. The first-order valence-electron chi connectivity index (χ1n) is 5.57. The first-order chi connectivity index (χ1) is 9.02. The molecule has 0 radical (unpaired) electrons. The van der Waals surface area contributed by atoms with Gasteiger partial charge in [0.15, 0.2) is 0 Å². The minimum atomic E-state index is -0.458. The third kappa shape index (κ3) is 3.15. The van der Waals surface area contributed by atoms with Crippen LogP contribution in [-0.2, 0) is 0 Å². The number of hydrogen-bond donors (Lipinski definition) is 1. The number of benzene rings is 2. The van der Waals surface area contributed by atoms with Gasteiger partial charge in [-0.25, -0.2) is 0 Å². The topological polar surface area (TPSA) is 35.2 Å². The van der Waals surface area contributed by atoms with Crippen LogP contribution in [0.25, 0.3) is 0 Å². The Morgan fingerprint density at radius 2 is 1.53 bits per heavy atom. The molecule has 5 heteroatoms. The van der Waals surface area contributed by atoms with E-state index in [-0.39, 0.29) is 0 Å². The summed E-state index contributed by atoms with van der Waals surface area (Å²) in [4.78, 5) is 0. The van der Waals surface area contributed by atoms with Crippen LogP contribution in [0.5, 0.6) is 5.75 Å². The normalized spacial score (nSPS) is 12.3. The number of hydrogen-bond acceptors (Lipinski definition) is 2. The Balaban J connectivity index is 2.51. The summed E-state index contributed by atoms with van der Waals surface area (Å²) in [6.07, 6.45) is 0. The highest BCUT2D eigenvalue weighted by Gasteiger charge is 2.17. The van der Waals surface area contributed by atoms with E-state index in [2.05, 4.69) is 0 Å². The average molecular weight is 317 g/mol. The number of halogens is 3. The molecule has 2 aromatic carbocycles. The highest BCUT2D eigenvalue weighted by Crippen LogP contribution is 2.34. The lowest BCUT2D eigenvalue weighted by Crippen LogP contribution is -2.13. The van der Waals surface area contributed by atoms with Gasteiger partial charge >= 0.3 is 0 Å². The lowest BCUT2D eigenvalue weighted by molar-refractivity contribution is 0.408. The molecule has 0 saturated heterocycles. The summed E-state index contributed by atoms with van der Waals surface area (Å²) in [5.74, 6) is 0.660. The van der Waals surface area contributed by atoms with Crippen LogP contribution in [0.4, 0.5) is 0 Å². The molecule has 1 atom stereocenters. The summed E-state index contributed by atoms with van der Waals surface area (Å²) in [6, 6.07) is 10.0. The minimum absolute atomic E-state index is 0.458. The molecule has 0 amide bonds. The molecule has 0 aliphatic heterocycles. The molecule has 100 valence electrons. The smallest absolute Gasteiger partial charge is 0.124 e. The molecule has 0 heterocycles. The van der Waals surface area contributed by atoms with Crippen molar-refractivity contribution in [2.24, 2.45) is 5.73 Å². The molecular formula is C14H12Cl3NO. The zero-order valence-corrected chi connectivity index (χ0v) is 12.4. The monoisotopic (exact) mass is 315 g/mol. The molecule has 0 saturated carbocycles. The average Bonchev–Trinajstić information content (AvgIpc) is 2.40. The summed E-state index contributed by atoms with van der Waals surface area (Å²) in [5, 5.41) is 1.72. The van der Waals surface area contributed by atoms with Crippen molar-refractivity contribution in [1.82, 2.24) is 0 Å². The van der Waals surface area contributed by atoms with E-state index in [1.165, 1.54) is 0 Å². The molecule has 19 heavy (non-hydrogen) atoms. The highest BCUT2D eigenvalue weighted by atomic mass is 35.5. The maximum absolute atomic E-state index is 6.25. The molecule has 0 bridgehead atoms. The summed E-state index contributed by atoms with van der Waals surface area (Å²) in [7, 11) is 1.58. The maximum atomic E-state index is 6.25. The zero-order chi connectivity index (χ0) is 14.0. The van der Waals surface area contributed by atoms with Crippen molar-refractivity contribution in [2.45, 2.75) is 6.04 Å². The van der Waals surface area contributed by atoms with Crippen LogP contribution in [0.1, 0.15) is 17.2 Å². The highest BCUT2D eigenvalue weighted by molar-refractivity contribution is 6.33. The van der Waals surface area contributed by atoms with Crippen LogP contribution < -0.4 is 10.5 Å². The molecule has 0 aromatic heterocycles. The van der Waals surface area contributed by atoms with Crippen LogP contribution in [-0.4, -0.2) is 7.11 Å². The Labute approximate surface area is 127 Å². The van der Waals surface area contributed by atoms with Gasteiger partial charge in [-0.05, 0) is 42.0 Å². The van der Waals surface area contributed by atoms with Crippen LogP contribution in [0.2, 0.25) is 15.1 Å². The van der Waals surface area contributed by atoms with Crippen molar-refractivity contribution in [3.05, 3.63) is 62.6 Å². The molecule has 0 aliphatic rings. The van der Waals surface area contributed by atoms with Crippen molar-refractivity contribution < 1.29 is 4.74 Å². The maximum Gasteiger partial charge on any atom is 0.124 e. The van der Waals surface area contributed by atoms with Crippen molar-refractivity contribution >= 4 is 34.8 Å². The van der Waals surface area contributed by atoms with Gasteiger partial charge in [-0.3, -0.25) is 0 Å². The van der Waals surface area contributed by atoms with Crippen LogP contribution in [0.3, 0.4) is 0 Å². The Hall–Kier alpha value is -0.930. The first kappa shape index (κ1) is 14.5. The van der Waals surface area contributed by atoms with Gasteiger partial charge < -0.3 is 10.5 Å². The molecule has 2 aromatic rings. The van der Waals surface area contributed by atoms with Crippen molar-refractivity contribution in [1.29, 1.82) is 0 Å². The Morgan fingerprint density at radius 1 is 0.947 bits per heavy atom. The van der Waals surface area contributed by atoms with E-state index in [1.807, 2.05) is 0 Å². The second-order valence-electron chi connectivity index (χ2n) is 4.03. The largest absolute Gasteiger partial charge is 0.496 e. The zero-order valence-electron chi connectivity index (χ0n) is 10.2. The van der Waals surface area contributed by atoms with E-state index in [0.717, 1.165) is 11.1 Å². The summed E-state index contributed by atoms with van der Waals surface area (Å²) in [5.41, 5.74) is 7.74. The van der Waals surface area contributed by atoms with E-state index in [9.17, 15) is 0 Å². The van der Waals surface area contributed by atoms with Crippen molar-refractivity contribution in [2.75, 3.05) is 7.11 Å². The van der Waals surface area contributed by atoms with Gasteiger partial charge in [-0.15, -0.1) is 0 Å². The predicted octanol–water partition coefficient (Wildman–Crippen LogP) is 4.70. The van der Waals surface area contributed by atoms with Gasteiger partial charge in [-0.2, -0.15) is 0 Å². The van der Waals surface area contributed by atoms with Crippen LogP contribution >= 0.6 is 34.8 Å². The Morgan fingerprint density at radius 3 is 2.16 bits per heavy atom. The van der Waals surface area contributed by atoms with Gasteiger partial charge in [0.1, 0.15) is 5.75 Å². The predicted molar refractivity (Wildman–Crippen MR) is 80.5 cm³/mol. The van der Waals surface area contributed by atoms with Crippen molar-refractivity contribution in [3.8, 4) is 5.75 Å². The fourth-order valence-electron chi connectivity index (χ4n) is 1.87. The lowest BCUT2D eigenvalue weighted by Gasteiger charge is -2.18. The van der Waals surface area contributed by atoms with Gasteiger partial charge in [-0.1, -0.05) is 34.8 Å². The molecule has 0 spiro atoms. The lowest BCUT2D eigenvalue weighted by atomic mass is 9.98. The van der Waals surface area contributed by atoms with E-state index in [4.69, 9.17) is 45.3 Å². The third-order valence-corrected chi connectivity index (χ3v) is 3.63. The van der Waals surface area contributed by atoms with Gasteiger partial charge in [0.2, 0.25) is 0 Å². The summed E-state index contributed by atoms with van der Waals surface area (Å²) >= 11 is 18.2. The standard InChI is InChI=1S/C14H12Cl3NO/c1-19-13-5-3-9(16)7-11(13)14(18)10-6-8(15)2-4-12(10)17/h2-7,14H,18H2,1H3. The van der Waals surface area contributed by atoms with E-state index < -0.39 is 6.04 Å². The van der Waals surface area contributed by atoms with E-state index in [1.54, 1.807) is 43.5 Å². The Bertz CT molecular complexity index is 601. The van der Waals surface area contributed by atoms with Gasteiger partial charge in [0.25, 0.3) is 0 Å². The molecule has 0 fully saturated rings. The van der Waals surface area contributed by atoms with Crippen LogP contribution in [0.15, 0.2) is 36.4 Å². The first-order valence-corrected chi connectivity index (χ1v) is 6.70. The Kier molecular flexibility index (Phi) is 4.58. The number of nitrogens with two attached hydrogens (primary N) is 1. The van der Waals surface area contributed by atoms with E-state index >= 15 is 0 Å². The van der Waals surface area contributed by atoms with Gasteiger partial charge in [0, 0.05) is 20.6 Å². The molecule has 2 rings (SSSR count). The molecular weight excluding hydrogens is 305 g/mol. The molecule has 2 N–H and O–H groups in total. The third-order valence-electron chi connectivity index (χ3n) is 2.82. The fourth-order valence-corrected chi connectivity index (χ4v) is 2.46. The summed E-state index contributed by atoms with van der Waals surface area (Å²) in [6.45, 7) is 0.